The molecule has 2 rings (SSSR count). The summed E-state index contributed by atoms with van der Waals surface area (Å²) in [7, 11) is 0. The SMILES string of the molecule is CCCN1C2CCC1CC(C(=O)O)C2. The normalized spacial score (nSPS) is 37.4. The molecule has 2 heterocycles. The summed E-state index contributed by atoms with van der Waals surface area (Å²) in [6, 6.07) is 1.13. The van der Waals surface area contributed by atoms with Crippen molar-refractivity contribution in [2.45, 2.75) is 51.1 Å². The fourth-order valence-corrected chi connectivity index (χ4v) is 3.10. The van der Waals surface area contributed by atoms with E-state index in [0.29, 0.717) is 12.1 Å². The van der Waals surface area contributed by atoms with Crippen LogP contribution in [0.15, 0.2) is 0 Å². The van der Waals surface area contributed by atoms with Crippen LogP contribution >= 0.6 is 0 Å². The first-order valence-electron chi connectivity index (χ1n) is 5.71. The van der Waals surface area contributed by atoms with Gasteiger partial charge in [0, 0.05) is 12.1 Å². The van der Waals surface area contributed by atoms with Crippen LogP contribution in [-0.2, 0) is 4.79 Å². The molecule has 0 spiro atoms. The van der Waals surface area contributed by atoms with Crippen molar-refractivity contribution in [2.24, 2.45) is 5.92 Å². The van der Waals surface area contributed by atoms with E-state index in [1.807, 2.05) is 0 Å². The molecule has 2 saturated heterocycles. The Hall–Kier alpha value is -0.570. The average Bonchev–Trinajstić information content (AvgIpc) is 2.40. The molecule has 0 aromatic carbocycles. The molecule has 2 bridgehead atoms. The number of fused-ring (bicyclic) bond motifs is 2. The molecule has 80 valence electrons. The van der Waals surface area contributed by atoms with Gasteiger partial charge in [0.1, 0.15) is 0 Å². The second-order valence-electron chi connectivity index (χ2n) is 4.63. The third-order valence-electron chi connectivity index (χ3n) is 3.72. The Morgan fingerprint density at radius 2 is 1.93 bits per heavy atom. The molecule has 2 fully saturated rings. The Kier molecular flexibility index (Phi) is 2.77. The van der Waals surface area contributed by atoms with E-state index in [1.54, 1.807) is 0 Å². The van der Waals surface area contributed by atoms with Crippen molar-refractivity contribution in [2.75, 3.05) is 6.54 Å². The van der Waals surface area contributed by atoms with Crippen molar-refractivity contribution >= 4 is 5.97 Å². The molecule has 14 heavy (non-hydrogen) atoms. The number of hydrogen-bond donors (Lipinski definition) is 1. The highest BCUT2D eigenvalue weighted by Gasteiger charge is 2.42. The Bertz CT molecular complexity index is 215. The lowest BCUT2D eigenvalue weighted by Crippen LogP contribution is -2.44. The Balaban J connectivity index is 2.01. The largest absolute Gasteiger partial charge is 0.481 e. The topological polar surface area (TPSA) is 40.5 Å². The van der Waals surface area contributed by atoms with Crippen molar-refractivity contribution in [3.8, 4) is 0 Å². The minimum absolute atomic E-state index is 0.0689. The number of hydrogen-bond acceptors (Lipinski definition) is 2. The third kappa shape index (κ3) is 1.65. The van der Waals surface area contributed by atoms with Gasteiger partial charge in [0.15, 0.2) is 0 Å². The van der Waals surface area contributed by atoms with Gasteiger partial charge in [-0.15, -0.1) is 0 Å². The number of piperidine rings is 1. The Morgan fingerprint density at radius 1 is 1.36 bits per heavy atom. The first-order chi connectivity index (χ1) is 6.72. The summed E-state index contributed by atoms with van der Waals surface area (Å²) in [5.41, 5.74) is 0. The number of carbonyl (C=O) groups is 1. The van der Waals surface area contributed by atoms with Gasteiger partial charge in [-0.1, -0.05) is 6.92 Å². The third-order valence-corrected chi connectivity index (χ3v) is 3.72. The average molecular weight is 197 g/mol. The summed E-state index contributed by atoms with van der Waals surface area (Å²) in [6.45, 7) is 3.35. The second-order valence-corrected chi connectivity index (χ2v) is 4.63. The first kappa shape index (κ1) is 9.97. The number of aliphatic carboxylic acids is 1. The van der Waals surface area contributed by atoms with E-state index >= 15 is 0 Å². The van der Waals surface area contributed by atoms with E-state index in [0.717, 1.165) is 19.4 Å². The zero-order valence-corrected chi connectivity index (χ0v) is 8.78. The van der Waals surface area contributed by atoms with E-state index in [2.05, 4.69) is 11.8 Å². The maximum atomic E-state index is 10.9. The first-order valence-corrected chi connectivity index (χ1v) is 5.71. The van der Waals surface area contributed by atoms with E-state index in [9.17, 15) is 4.79 Å². The molecule has 3 heteroatoms. The van der Waals surface area contributed by atoms with Crippen LogP contribution < -0.4 is 0 Å². The summed E-state index contributed by atoms with van der Waals surface area (Å²) in [5, 5.41) is 9.00. The van der Waals surface area contributed by atoms with Gasteiger partial charge in [0.05, 0.1) is 5.92 Å². The monoisotopic (exact) mass is 197 g/mol. The van der Waals surface area contributed by atoms with Crippen molar-refractivity contribution in [3.05, 3.63) is 0 Å². The van der Waals surface area contributed by atoms with E-state index in [1.165, 1.54) is 19.3 Å². The Morgan fingerprint density at radius 3 is 2.36 bits per heavy atom. The lowest BCUT2D eigenvalue weighted by molar-refractivity contribution is -0.144. The van der Waals surface area contributed by atoms with Crippen molar-refractivity contribution < 1.29 is 9.90 Å². The van der Waals surface area contributed by atoms with Crippen molar-refractivity contribution in [1.29, 1.82) is 0 Å². The lowest BCUT2D eigenvalue weighted by atomic mass is 9.91. The van der Waals surface area contributed by atoms with Gasteiger partial charge in [0.25, 0.3) is 0 Å². The van der Waals surface area contributed by atoms with Gasteiger partial charge in [-0.25, -0.2) is 0 Å². The predicted octanol–water partition coefficient (Wildman–Crippen LogP) is 1.72. The second kappa shape index (κ2) is 3.89. The summed E-state index contributed by atoms with van der Waals surface area (Å²) in [6.07, 6.45) is 5.38. The summed E-state index contributed by atoms with van der Waals surface area (Å²) < 4.78 is 0. The number of nitrogens with zero attached hydrogens (tertiary/aromatic N) is 1. The molecule has 3 nitrogen and oxygen atoms in total. The molecule has 0 saturated carbocycles. The molecule has 0 aliphatic carbocycles. The van der Waals surface area contributed by atoms with Crippen LogP contribution in [0.3, 0.4) is 0 Å². The highest BCUT2D eigenvalue weighted by molar-refractivity contribution is 5.70. The smallest absolute Gasteiger partial charge is 0.306 e. The fraction of sp³-hybridized carbons (Fsp3) is 0.909. The number of carboxylic acids is 1. The minimum Gasteiger partial charge on any atom is -0.481 e. The van der Waals surface area contributed by atoms with Crippen LogP contribution in [-0.4, -0.2) is 34.6 Å². The van der Waals surface area contributed by atoms with Gasteiger partial charge >= 0.3 is 5.97 Å². The van der Waals surface area contributed by atoms with Gasteiger partial charge < -0.3 is 5.11 Å². The van der Waals surface area contributed by atoms with E-state index in [-0.39, 0.29) is 5.92 Å². The van der Waals surface area contributed by atoms with Crippen LogP contribution in [0.2, 0.25) is 0 Å². The summed E-state index contributed by atoms with van der Waals surface area (Å²) >= 11 is 0. The van der Waals surface area contributed by atoms with Gasteiger partial charge in [-0.05, 0) is 38.6 Å². The van der Waals surface area contributed by atoms with Crippen LogP contribution in [0.5, 0.6) is 0 Å². The molecule has 0 amide bonds. The van der Waals surface area contributed by atoms with Crippen LogP contribution in [0.1, 0.15) is 39.0 Å². The highest BCUT2D eigenvalue weighted by atomic mass is 16.4. The maximum absolute atomic E-state index is 10.9. The van der Waals surface area contributed by atoms with E-state index in [4.69, 9.17) is 5.11 Å². The highest BCUT2D eigenvalue weighted by Crippen LogP contribution is 2.38. The molecular formula is C11H19NO2. The van der Waals surface area contributed by atoms with E-state index < -0.39 is 5.97 Å². The molecule has 0 aromatic rings. The quantitative estimate of drug-likeness (QED) is 0.749. The number of rotatable bonds is 3. The van der Waals surface area contributed by atoms with Crippen LogP contribution in [0.4, 0.5) is 0 Å². The minimum atomic E-state index is -0.585. The molecule has 2 atom stereocenters. The van der Waals surface area contributed by atoms with Crippen molar-refractivity contribution in [3.63, 3.8) is 0 Å². The summed E-state index contributed by atoms with van der Waals surface area (Å²) in [4.78, 5) is 13.5. The molecule has 2 aliphatic heterocycles. The zero-order chi connectivity index (χ0) is 10.1. The molecular weight excluding hydrogens is 178 g/mol. The number of carboxylic acid groups (broad SMARTS) is 1. The predicted molar refractivity (Wildman–Crippen MR) is 54.2 cm³/mol. The standard InChI is InChI=1S/C11H19NO2/c1-2-5-12-9-3-4-10(12)7-8(6-9)11(13)14/h8-10H,2-7H2,1H3,(H,13,14). The van der Waals surface area contributed by atoms with Gasteiger partial charge in [0.2, 0.25) is 0 Å². The fourth-order valence-electron chi connectivity index (χ4n) is 3.10. The molecule has 2 unspecified atom stereocenters. The zero-order valence-electron chi connectivity index (χ0n) is 8.78. The molecule has 0 aromatic heterocycles. The maximum Gasteiger partial charge on any atom is 0.306 e. The molecule has 1 N–H and O–H groups in total. The van der Waals surface area contributed by atoms with Crippen LogP contribution in [0.25, 0.3) is 0 Å². The van der Waals surface area contributed by atoms with Gasteiger partial charge in [-0.3, -0.25) is 9.69 Å². The lowest BCUT2D eigenvalue weighted by Gasteiger charge is -2.37. The molecule has 2 aliphatic rings. The summed E-state index contributed by atoms with van der Waals surface area (Å²) in [5.74, 6) is -0.654. The Labute approximate surface area is 85.1 Å². The van der Waals surface area contributed by atoms with Crippen molar-refractivity contribution in [1.82, 2.24) is 4.90 Å². The van der Waals surface area contributed by atoms with Gasteiger partial charge in [-0.2, -0.15) is 0 Å². The molecule has 0 radical (unpaired) electrons. The van der Waals surface area contributed by atoms with Crippen LogP contribution in [0, 0.1) is 5.92 Å².